The molecule has 0 aromatic heterocycles. The zero-order valence-electron chi connectivity index (χ0n) is 9.83. The van der Waals surface area contributed by atoms with E-state index in [-0.39, 0.29) is 0 Å². The highest BCUT2D eigenvalue weighted by Crippen LogP contribution is 2.08. The lowest BCUT2D eigenvalue weighted by Gasteiger charge is -2.23. The molecule has 0 saturated carbocycles. The van der Waals surface area contributed by atoms with Crippen LogP contribution in [0.1, 0.15) is 34.6 Å². The van der Waals surface area contributed by atoms with Gasteiger partial charge in [-0.3, -0.25) is 14.9 Å². The van der Waals surface area contributed by atoms with Crippen molar-refractivity contribution in [3.8, 4) is 0 Å². The van der Waals surface area contributed by atoms with E-state index in [0.717, 1.165) is 0 Å². The summed E-state index contributed by atoms with van der Waals surface area (Å²) in [6.45, 7) is 8.34. The Kier molecular flexibility index (Phi) is 4.74. The van der Waals surface area contributed by atoms with E-state index in [1.807, 2.05) is 0 Å². The van der Waals surface area contributed by atoms with Crippen LogP contribution in [-0.4, -0.2) is 34.7 Å². The van der Waals surface area contributed by atoms with Crippen molar-refractivity contribution in [2.75, 3.05) is 0 Å². The van der Waals surface area contributed by atoms with Gasteiger partial charge in [0.1, 0.15) is 17.7 Å². The van der Waals surface area contributed by atoms with E-state index in [1.165, 1.54) is 6.92 Å². The van der Waals surface area contributed by atoms with Gasteiger partial charge in [-0.05, 0) is 34.6 Å². The predicted octanol–water partition coefficient (Wildman–Crippen LogP) is 0.779. The molecule has 0 aliphatic rings. The number of carbonyl (C=O) groups is 2. The average Bonchev–Trinajstić information content (AvgIpc) is 2.00. The average molecular weight is 217 g/mol. The van der Waals surface area contributed by atoms with Gasteiger partial charge in [0, 0.05) is 0 Å². The molecule has 0 rings (SSSR count). The molecule has 88 valence electrons. The van der Waals surface area contributed by atoms with Crippen LogP contribution in [0, 0.1) is 0 Å². The normalized spacial score (nSPS) is 15.5. The number of nitrogens with one attached hydrogen (secondary N) is 1. The van der Waals surface area contributed by atoms with Crippen LogP contribution in [0.4, 0.5) is 0 Å². The second kappa shape index (κ2) is 5.11. The first-order valence-electron chi connectivity index (χ1n) is 4.85. The standard InChI is InChI=1S/C10H19NO4/c1-6(8(12)13)11-7(2)9(14)15-10(3,4)5/h6-7,11H,1-5H3,(H,12,13)/t6?,7-/m0/s1. The first-order chi connectivity index (χ1) is 6.63. The summed E-state index contributed by atoms with van der Waals surface area (Å²) in [4.78, 5) is 22.0. The lowest BCUT2D eigenvalue weighted by atomic mass is 10.2. The maximum atomic E-state index is 11.4. The molecule has 0 aromatic carbocycles. The number of carbonyl (C=O) groups excluding carboxylic acids is 1. The number of rotatable bonds is 4. The van der Waals surface area contributed by atoms with Crippen molar-refractivity contribution < 1.29 is 19.4 Å². The quantitative estimate of drug-likeness (QED) is 0.680. The molecular weight excluding hydrogens is 198 g/mol. The number of carboxylic acid groups (broad SMARTS) is 1. The zero-order chi connectivity index (χ0) is 12.2. The third kappa shape index (κ3) is 6.06. The molecule has 0 radical (unpaired) electrons. The SMILES string of the molecule is CC(N[C@@H](C)C(=O)OC(C)(C)C)C(=O)O. The van der Waals surface area contributed by atoms with E-state index in [9.17, 15) is 9.59 Å². The van der Waals surface area contributed by atoms with E-state index < -0.39 is 29.6 Å². The first-order valence-corrected chi connectivity index (χ1v) is 4.85. The fourth-order valence-corrected chi connectivity index (χ4v) is 0.904. The van der Waals surface area contributed by atoms with E-state index >= 15 is 0 Å². The van der Waals surface area contributed by atoms with Gasteiger partial charge in [0.2, 0.25) is 0 Å². The van der Waals surface area contributed by atoms with E-state index in [2.05, 4.69) is 5.32 Å². The summed E-state index contributed by atoms with van der Waals surface area (Å²) in [6.07, 6.45) is 0. The van der Waals surface area contributed by atoms with Crippen LogP contribution in [0.3, 0.4) is 0 Å². The smallest absolute Gasteiger partial charge is 0.323 e. The van der Waals surface area contributed by atoms with E-state index in [1.54, 1.807) is 27.7 Å². The number of hydrogen-bond donors (Lipinski definition) is 2. The summed E-state index contributed by atoms with van der Waals surface area (Å²) in [7, 11) is 0. The third-order valence-corrected chi connectivity index (χ3v) is 1.63. The van der Waals surface area contributed by atoms with Gasteiger partial charge in [0.25, 0.3) is 0 Å². The van der Waals surface area contributed by atoms with Gasteiger partial charge in [-0.15, -0.1) is 0 Å². The van der Waals surface area contributed by atoms with Gasteiger partial charge >= 0.3 is 11.9 Å². The van der Waals surface area contributed by atoms with Gasteiger partial charge in [-0.25, -0.2) is 0 Å². The Morgan fingerprint density at radius 2 is 1.67 bits per heavy atom. The highest BCUT2D eigenvalue weighted by molar-refractivity contribution is 5.78. The fraction of sp³-hybridized carbons (Fsp3) is 0.800. The summed E-state index contributed by atoms with van der Waals surface area (Å²) < 4.78 is 5.09. The molecule has 1 unspecified atom stereocenters. The third-order valence-electron chi connectivity index (χ3n) is 1.63. The van der Waals surface area contributed by atoms with Gasteiger partial charge in [-0.2, -0.15) is 0 Å². The molecule has 2 N–H and O–H groups in total. The molecule has 0 heterocycles. The lowest BCUT2D eigenvalue weighted by molar-refractivity contribution is -0.157. The molecule has 5 heteroatoms. The first kappa shape index (κ1) is 13.9. The summed E-state index contributed by atoms with van der Waals surface area (Å²) in [5.74, 6) is -1.44. The monoisotopic (exact) mass is 217 g/mol. The van der Waals surface area contributed by atoms with Gasteiger partial charge in [0.15, 0.2) is 0 Å². The summed E-state index contributed by atoms with van der Waals surface area (Å²) in [5, 5.41) is 11.3. The molecule has 0 aromatic rings. The second-order valence-corrected chi connectivity index (χ2v) is 4.48. The lowest BCUT2D eigenvalue weighted by Crippen LogP contribution is -2.46. The number of esters is 1. The Balaban J connectivity index is 4.17. The van der Waals surface area contributed by atoms with Crippen molar-refractivity contribution in [3.63, 3.8) is 0 Å². The molecule has 0 amide bonds. The van der Waals surface area contributed by atoms with Crippen LogP contribution >= 0.6 is 0 Å². The minimum Gasteiger partial charge on any atom is -0.480 e. The number of hydrogen-bond acceptors (Lipinski definition) is 4. The summed E-state index contributed by atoms with van der Waals surface area (Å²) in [5.41, 5.74) is -0.556. The van der Waals surface area contributed by atoms with Crippen LogP contribution in [0.25, 0.3) is 0 Å². The number of carboxylic acids is 1. The van der Waals surface area contributed by atoms with Gasteiger partial charge in [-0.1, -0.05) is 0 Å². The van der Waals surface area contributed by atoms with Crippen molar-refractivity contribution in [3.05, 3.63) is 0 Å². The van der Waals surface area contributed by atoms with Gasteiger partial charge < -0.3 is 9.84 Å². The Morgan fingerprint density at radius 1 is 1.20 bits per heavy atom. The molecule has 0 saturated heterocycles. The highest BCUT2D eigenvalue weighted by Gasteiger charge is 2.24. The predicted molar refractivity (Wildman–Crippen MR) is 55.5 cm³/mol. The highest BCUT2D eigenvalue weighted by atomic mass is 16.6. The molecule has 0 bridgehead atoms. The molecule has 0 aliphatic carbocycles. The van der Waals surface area contributed by atoms with Crippen LogP contribution in [0.15, 0.2) is 0 Å². The maximum Gasteiger partial charge on any atom is 0.323 e. The van der Waals surface area contributed by atoms with E-state index in [0.29, 0.717) is 0 Å². The van der Waals surface area contributed by atoms with Crippen LogP contribution < -0.4 is 5.32 Å². The fourth-order valence-electron chi connectivity index (χ4n) is 0.904. The Labute approximate surface area is 89.8 Å². The van der Waals surface area contributed by atoms with Crippen molar-refractivity contribution >= 4 is 11.9 Å². The minimum absolute atomic E-state index is 0.449. The summed E-state index contributed by atoms with van der Waals surface area (Å²) in [6, 6.07) is -1.40. The largest absolute Gasteiger partial charge is 0.480 e. The number of aliphatic carboxylic acids is 1. The van der Waals surface area contributed by atoms with Crippen LogP contribution in [0.5, 0.6) is 0 Å². The Morgan fingerprint density at radius 3 is 2.00 bits per heavy atom. The maximum absolute atomic E-state index is 11.4. The van der Waals surface area contributed by atoms with Crippen LogP contribution in [-0.2, 0) is 14.3 Å². The Hall–Kier alpha value is -1.10. The van der Waals surface area contributed by atoms with Crippen molar-refractivity contribution in [2.45, 2.75) is 52.3 Å². The number of ether oxygens (including phenoxy) is 1. The zero-order valence-corrected chi connectivity index (χ0v) is 9.83. The molecule has 5 nitrogen and oxygen atoms in total. The van der Waals surface area contributed by atoms with Crippen molar-refractivity contribution in [2.24, 2.45) is 0 Å². The van der Waals surface area contributed by atoms with Crippen molar-refractivity contribution in [1.82, 2.24) is 5.32 Å². The molecule has 0 fully saturated rings. The van der Waals surface area contributed by atoms with Crippen LogP contribution in [0.2, 0.25) is 0 Å². The molecule has 0 spiro atoms. The molecule has 0 aliphatic heterocycles. The molecule has 15 heavy (non-hydrogen) atoms. The molecule has 2 atom stereocenters. The van der Waals surface area contributed by atoms with E-state index in [4.69, 9.17) is 9.84 Å². The summed E-state index contributed by atoms with van der Waals surface area (Å²) >= 11 is 0. The Bertz CT molecular complexity index is 244. The minimum atomic E-state index is -0.995. The molecular formula is C10H19NO4. The second-order valence-electron chi connectivity index (χ2n) is 4.48. The van der Waals surface area contributed by atoms with Crippen molar-refractivity contribution in [1.29, 1.82) is 0 Å². The van der Waals surface area contributed by atoms with Gasteiger partial charge in [0.05, 0.1) is 0 Å². The topological polar surface area (TPSA) is 75.6 Å².